The Morgan fingerprint density at radius 3 is 2.38 bits per heavy atom. The first kappa shape index (κ1) is 13.6. The van der Waals surface area contributed by atoms with Crippen LogP contribution in [0.3, 0.4) is 0 Å². The Morgan fingerprint density at radius 1 is 0.952 bits per heavy atom. The Morgan fingerprint density at radius 2 is 1.67 bits per heavy atom. The molecule has 0 aliphatic carbocycles. The number of hydrogen-bond acceptors (Lipinski definition) is 3. The minimum Gasteiger partial charge on any atom is -0.360 e. The molecule has 2 aromatic carbocycles. The monoisotopic (exact) mass is 295 g/mol. The molecule has 4 heteroatoms. The molecule has 0 spiro atoms. The van der Waals surface area contributed by atoms with Gasteiger partial charge >= 0.3 is 0 Å². The first-order chi connectivity index (χ1) is 10.2. The minimum absolute atomic E-state index is 0.420. The summed E-state index contributed by atoms with van der Waals surface area (Å²) in [4.78, 5) is 28.8. The van der Waals surface area contributed by atoms with E-state index >= 15 is 0 Å². The van der Waals surface area contributed by atoms with Crippen LogP contribution < -0.4 is 0 Å². The van der Waals surface area contributed by atoms with Gasteiger partial charge in [0, 0.05) is 27.6 Å². The van der Waals surface area contributed by atoms with E-state index in [0.717, 1.165) is 15.8 Å². The molecule has 1 heterocycles. The summed E-state index contributed by atoms with van der Waals surface area (Å²) >= 11 is 1.60. The van der Waals surface area contributed by atoms with Crippen molar-refractivity contribution >= 4 is 34.2 Å². The number of H-pyrrole nitrogens is 1. The smallest absolute Gasteiger partial charge is 0.235 e. The van der Waals surface area contributed by atoms with Crippen molar-refractivity contribution in [2.45, 2.75) is 4.90 Å². The summed E-state index contributed by atoms with van der Waals surface area (Å²) in [6.45, 7) is 0. The minimum atomic E-state index is -0.482. The number of aromatic amines is 1. The van der Waals surface area contributed by atoms with Gasteiger partial charge in [-0.3, -0.25) is 9.59 Å². The summed E-state index contributed by atoms with van der Waals surface area (Å²) in [6.07, 6.45) is 3.56. The molecule has 0 fully saturated rings. The van der Waals surface area contributed by atoms with E-state index in [4.69, 9.17) is 0 Å². The van der Waals surface area contributed by atoms with Crippen LogP contribution >= 0.6 is 11.8 Å². The Balaban J connectivity index is 1.95. The third-order valence-electron chi connectivity index (χ3n) is 3.39. The number of Topliss-reactive ketones (excluding diaryl/α,β-unsaturated/α-hetero) is 2. The molecule has 1 aromatic heterocycles. The van der Waals surface area contributed by atoms with Gasteiger partial charge in [-0.2, -0.15) is 0 Å². The van der Waals surface area contributed by atoms with Gasteiger partial charge < -0.3 is 4.98 Å². The number of fused-ring (bicyclic) bond motifs is 1. The number of benzene rings is 2. The van der Waals surface area contributed by atoms with Gasteiger partial charge in [0.05, 0.1) is 5.56 Å². The van der Waals surface area contributed by atoms with Gasteiger partial charge in [-0.1, -0.05) is 18.2 Å². The van der Waals surface area contributed by atoms with Crippen LogP contribution in [0.4, 0.5) is 0 Å². The molecule has 104 valence electrons. The largest absolute Gasteiger partial charge is 0.360 e. The number of rotatable bonds is 4. The Hall–Kier alpha value is -2.33. The molecule has 0 aliphatic heterocycles. The number of ketones is 2. The molecule has 0 unspecified atom stereocenters. The highest BCUT2D eigenvalue weighted by molar-refractivity contribution is 7.98. The number of carbonyl (C=O) groups is 2. The number of thioether (sulfide) groups is 1. The molecule has 0 aliphatic rings. The van der Waals surface area contributed by atoms with Gasteiger partial charge in [0.25, 0.3) is 0 Å². The second-order valence-corrected chi connectivity index (χ2v) is 5.51. The number of carbonyl (C=O) groups excluding carboxylic acids is 2. The van der Waals surface area contributed by atoms with E-state index in [1.54, 1.807) is 30.1 Å². The second-order valence-electron chi connectivity index (χ2n) is 4.63. The zero-order chi connectivity index (χ0) is 14.8. The number of aromatic nitrogens is 1. The van der Waals surface area contributed by atoms with E-state index in [1.165, 1.54) is 0 Å². The van der Waals surface area contributed by atoms with Crippen LogP contribution in [0.15, 0.2) is 59.6 Å². The van der Waals surface area contributed by atoms with Crippen molar-refractivity contribution < 1.29 is 9.59 Å². The topological polar surface area (TPSA) is 49.9 Å². The molecule has 3 nitrogen and oxygen atoms in total. The summed E-state index contributed by atoms with van der Waals surface area (Å²) < 4.78 is 0. The fourth-order valence-electron chi connectivity index (χ4n) is 2.26. The predicted octanol–water partition coefficient (Wildman–Crippen LogP) is 3.96. The zero-order valence-electron chi connectivity index (χ0n) is 11.4. The van der Waals surface area contributed by atoms with Crippen LogP contribution in [-0.4, -0.2) is 22.8 Å². The van der Waals surface area contributed by atoms with E-state index in [2.05, 4.69) is 4.98 Å². The summed E-state index contributed by atoms with van der Waals surface area (Å²) in [5.74, 6) is -0.961. The lowest BCUT2D eigenvalue weighted by molar-refractivity contribution is 0.0818. The molecule has 0 saturated heterocycles. The molecule has 0 atom stereocenters. The van der Waals surface area contributed by atoms with Crippen LogP contribution in [0.1, 0.15) is 20.7 Å². The van der Waals surface area contributed by atoms with Crippen molar-refractivity contribution in [1.29, 1.82) is 0 Å². The van der Waals surface area contributed by atoms with Crippen molar-refractivity contribution in [3.8, 4) is 0 Å². The number of nitrogens with one attached hydrogen (secondary N) is 1. The summed E-state index contributed by atoms with van der Waals surface area (Å²) in [7, 11) is 0. The van der Waals surface area contributed by atoms with Crippen LogP contribution in [0.2, 0.25) is 0 Å². The quantitative estimate of drug-likeness (QED) is 0.450. The lowest BCUT2D eigenvalue weighted by atomic mass is 10.0. The number of para-hydroxylation sites is 1. The van der Waals surface area contributed by atoms with E-state index in [9.17, 15) is 9.59 Å². The summed E-state index contributed by atoms with van der Waals surface area (Å²) in [6, 6.07) is 14.5. The van der Waals surface area contributed by atoms with E-state index in [1.807, 2.05) is 42.7 Å². The first-order valence-corrected chi connectivity index (χ1v) is 7.72. The Bertz CT molecular complexity index is 818. The number of hydrogen-bond donors (Lipinski definition) is 1. The molecular weight excluding hydrogens is 282 g/mol. The van der Waals surface area contributed by atoms with Crippen molar-refractivity contribution in [3.63, 3.8) is 0 Å². The maximum atomic E-state index is 12.4. The predicted molar refractivity (Wildman–Crippen MR) is 85.2 cm³/mol. The average Bonchev–Trinajstić information content (AvgIpc) is 2.97. The van der Waals surface area contributed by atoms with Gasteiger partial charge in [0.2, 0.25) is 11.6 Å². The zero-order valence-corrected chi connectivity index (χ0v) is 12.2. The molecule has 0 amide bonds. The van der Waals surface area contributed by atoms with Crippen LogP contribution in [0.5, 0.6) is 0 Å². The highest BCUT2D eigenvalue weighted by atomic mass is 32.2. The molecule has 3 aromatic rings. The second kappa shape index (κ2) is 5.58. The lowest BCUT2D eigenvalue weighted by Gasteiger charge is -2.01. The van der Waals surface area contributed by atoms with Crippen LogP contribution in [0, 0.1) is 0 Å². The third-order valence-corrected chi connectivity index (χ3v) is 4.14. The van der Waals surface area contributed by atoms with Crippen molar-refractivity contribution in [2.24, 2.45) is 0 Å². The highest BCUT2D eigenvalue weighted by Crippen LogP contribution is 2.21. The van der Waals surface area contributed by atoms with Gasteiger partial charge in [-0.15, -0.1) is 11.8 Å². The van der Waals surface area contributed by atoms with E-state index in [-0.39, 0.29) is 0 Å². The van der Waals surface area contributed by atoms with Crippen LogP contribution in [0.25, 0.3) is 10.9 Å². The fraction of sp³-hybridized carbons (Fsp3) is 0.0588. The molecule has 0 bridgehead atoms. The van der Waals surface area contributed by atoms with E-state index < -0.39 is 11.6 Å². The molecular formula is C17H13NO2S. The third kappa shape index (κ3) is 2.50. The molecule has 21 heavy (non-hydrogen) atoms. The van der Waals surface area contributed by atoms with Gasteiger partial charge in [0.1, 0.15) is 0 Å². The molecule has 0 radical (unpaired) electrons. The van der Waals surface area contributed by atoms with Crippen molar-refractivity contribution in [2.75, 3.05) is 6.26 Å². The van der Waals surface area contributed by atoms with E-state index in [0.29, 0.717) is 11.1 Å². The Labute approximate surface area is 126 Å². The van der Waals surface area contributed by atoms with Crippen LogP contribution in [-0.2, 0) is 0 Å². The lowest BCUT2D eigenvalue weighted by Crippen LogP contribution is -2.14. The fourth-order valence-corrected chi connectivity index (χ4v) is 2.66. The molecule has 0 saturated carbocycles. The van der Waals surface area contributed by atoms with Gasteiger partial charge in [0.15, 0.2) is 0 Å². The maximum Gasteiger partial charge on any atom is 0.235 e. The van der Waals surface area contributed by atoms with Crippen molar-refractivity contribution in [1.82, 2.24) is 4.98 Å². The van der Waals surface area contributed by atoms with Crippen molar-refractivity contribution in [3.05, 3.63) is 65.9 Å². The standard InChI is InChI=1S/C17H13NO2S/c1-21-12-8-6-11(7-9-12)16(19)17(20)14-10-18-15-5-3-2-4-13(14)15/h2-10,18H,1H3. The maximum absolute atomic E-state index is 12.4. The average molecular weight is 295 g/mol. The van der Waals surface area contributed by atoms with Gasteiger partial charge in [-0.25, -0.2) is 0 Å². The highest BCUT2D eigenvalue weighted by Gasteiger charge is 2.21. The normalized spacial score (nSPS) is 10.7. The molecule has 3 rings (SSSR count). The molecule has 1 N–H and O–H groups in total. The summed E-state index contributed by atoms with van der Waals surface area (Å²) in [5, 5.41) is 0.775. The first-order valence-electron chi connectivity index (χ1n) is 6.50. The summed E-state index contributed by atoms with van der Waals surface area (Å²) in [5.41, 5.74) is 1.69. The Kier molecular flexibility index (Phi) is 3.62. The SMILES string of the molecule is CSc1ccc(C(=O)C(=O)c2c[nH]c3ccccc23)cc1. The van der Waals surface area contributed by atoms with Gasteiger partial charge in [-0.05, 0) is 36.6 Å².